The third kappa shape index (κ3) is 3.03. The topological polar surface area (TPSA) is 61.0 Å². The summed E-state index contributed by atoms with van der Waals surface area (Å²) >= 11 is 0. The van der Waals surface area contributed by atoms with Crippen LogP contribution in [0.4, 0.5) is 0 Å². The van der Waals surface area contributed by atoms with Crippen molar-refractivity contribution in [2.45, 2.75) is 25.6 Å². The van der Waals surface area contributed by atoms with Gasteiger partial charge in [0.1, 0.15) is 0 Å². The van der Waals surface area contributed by atoms with Gasteiger partial charge in [0.05, 0.1) is 6.33 Å². The number of benzene rings is 2. The van der Waals surface area contributed by atoms with E-state index in [1.54, 1.807) is 12.5 Å². The molecule has 1 saturated heterocycles. The highest BCUT2D eigenvalue weighted by molar-refractivity contribution is 5.86. The number of hydrogen-bond acceptors (Lipinski definition) is 3. The molecule has 3 aromatic rings. The van der Waals surface area contributed by atoms with Gasteiger partial charge >= 0.3 is 0 Å². The molecule has 122 valence electrons. The Morgan fingerprint density at radius 2 is 2.08 bits per heavy atom. The summed E-state index contributed by atoms with van der Waals surface area (Å²) in [6.07, 6.45) is 4.03. The normalized spacial score (nSPS) is 17.8. The number of carbonyl (C=O) groups is 1. The van der Waals surface area contributed by atoms with Crippen molar-refractivity contribution in [1.82, 2.24) is 20.2 Å². The molecule has 1 aromatic heterocycles. The Bertz CT molecular complexity index is 838. The maximum Gasteiger partial charge on any atom is 0.224 e. The van der Waals surface area contributed by atoms with Gasteiger partial charge in [-0.15, -0.1) is 0 Å². The first-order valence-corrected chi connectivity index (χ1v) is 8.24. The first kappa shape index (κ1) is 14.9. The Morgan fingerprint density at radius 1 is 1.21 bits per heavy atom. The minimum Gasteiger partial charge on any atom is -0.347 e. The zero-order valence-electron chi connectivity index (χ0n) is 13.4. The molecule has 1 aliphatic heterocycles. The molecule has 5 nitrogen and oxygen atoms in total. The van der Waals surface area contributed by atoms with Gasteiger partial charge in [-0.1, -0.05) is 42.5 Å². The summed E-state index contributed by atoms with van der Waals surface area (Å²) in [6.45, 7) is 2.12. The third-order valence-corrected chi connectivity index (χ3v) is 4.59. The van der Waals surface area contributed by atoms with Crippen molar-refractivity contribution < 1.29 is 4.79 Å². The lowest BCUT2D eigenvalue weighted by molar-refractivity contribution is -0.128. The van der Waals surface area contributed by atoms with E-state index in [1.165, 1.54) is 16.3 Å². The van der Waals surface area contributed by atoms with Crippen LogP contribution in [0.15, 0.2) is 55.0 Å². The van der Waals surface area contributed by atoms with Crippen LogP contribution < -0.4 is 5.32 Å². The fourth-order valence-electron chi connectivity index (χ4n) is 3.33. The van der Waals surface area contributed by atoms with Crippen LogP contribution in [0, 0.1) is 0 Å². The molecule has 2 N–H and O–H groups in total. The first-order valence-electron chi connectivity index (χ1n) is 8.24. The largest absolute Gasteiger partial charge is 0.347 e. The molecule has 2 aromatic carbocycles. The van der Waals surface area contributed by atoms with Crippen LogP contribution in [0.2, 0.25) is 0 Å². The van der Waals surface area contributed by atoms with Gasteiger partial charge in [0, 0.05) is 44.0 Å². The molecule has 1 aliphatic rings. The van der Waals surface area contributed by atoms with E-state index >= 15 is 0 Å². The summed E-state index contributed by atoms with van der Waals surface area (Å²) < 4.78 is 0. The second-order valence-corrected chi connectivity index (χ2v) is 6.27. The Hall–Kier alpha value is -2.66. The molecule has 0 bridgehead atoms. The summed E-state index contributed by atoms with van der Waals surface area (Å²) in [4.78, 5) is 21.4. The number of hydrogen-bond donors (Lipinski definition) is 2. The number of aromatic nitrogens is 2. The highest BCUT2D eigenvalue weighted by Crippen LogP contribution is 2.22. The van der Waals surface area contributed by atoms with Crippen LogP contribution in [-0.2, 0) is 17.9 Å². The number of amides is 1. The van der Waals surface area contributed by atoms with Crippen molar-refractivity contribution in [3.8, 4) is 0 Å². The molecule has 1 fully saturated rings. The van der Waals surface area contributed by atoms with Crippen molar-refractivity contribution in [1.29, 1.82) is 0 Å². The number of imidazole rings is 1. The van der Waals surface area contributed by atoms with Crippen molar-refractivity contribution >= 4 is 16.7 Å². The second-order valence-electron chi connectivity index (χ2n) is 6.27. The van der Waals surface area contributed by atoms with Crippen LogP contribution in [0.3, 0.4) is 0 Å². The van der Waals surface area contributed by atoms with Crippen molar-refractivity contribution in [3.63, 3.8) is 0 Å². The summed E-state index contributed by atoms with van der Waals surface area (Å²) in [5.74, 6) is 0.213. The van der Waals surface area contributed by atoms with Crippen LogP contribution in [0.1, 0.15) is 17.7 Å². The summed E-state index contributed by atoms with van der Waals surface area (Å²) in [5, 5.41) is 5.88. The van der Waals surface area contributed by atoms with Crippen LogP contribution >= 0.6 is 0 Å². The number of nitrogens with zero attached hydrogens (tertiary/aromatic N) is 2. The molecule has 0 radical (unpaired) electrons. The van der Waals surface area contributed by atoms with E-state index < -0.39 is 0 Å². The highest BCUT2D eigenvalue weighted by Gasteiger charge is 2.29. The Balaban J connectivity index is 1.44. The van der Waals surface area contributed by atoms with Crippen LogP contribution in [0.25, 0.3) is 10.8 Å². The second kappa shape index (κ2) is 6.45. The van der Waals surface area contributed by atoms with E-state index in [1.807, 2.05) is 17.0 Å². The number of likely N-dealkylation sites (tertiary alicyclic amines) is 1. The van der Waals surface area contributed by atoms with Gasteiger partial charge in [0.2, 0.25) is 5.91 Å². The van der Waals surface area contributed by atoms with Crippen LogP contribution in [0.5, 0.6) is 0 Å². The molecule has 4 rings (SSSR count). The van der Waals surface area contributed by atoms with E-state index in [-0.39, 0.29) is 11.9 Å². The number of rotatable bonds is 5. The van der Waals surface area contributed by atoms with Gasteiger partial charge in [0.25, 0.3) is 0 Å². The van der Waals surface area contributed by atoms with Crippen molar-refractivity contribution in [2.75, 3.05) is 6.54 Å². The molecule has 24 heavy (non-hydrogen) atoms. The SMILES string of the molecule is O=C1CC(NCc2cnc[nH]2)CN1Cc1cccc2ccccc12. The minimum absolute atomic E-state index is 0.191. The lowest BCUT2D eigenvalue weighted by Crippen LogP contribution is -2.32. The Labute approximate surface area is 140 Å². The number of aromatic amines is 1. The van der Waals surface area contributed by atoms with Gasteiger partial charge in [-0.3, -0.25) is 4.79 Å². The van der Waals surface area contributed by atoms with Gasteiger partial charge in [0.15, 0.2) is 0 Å². The Morgan fingerprint density at radius 3 is 2.96 bits per heavy atom. The maximum absolute atomic E-state index is 12.4. The van der Waals surface area contributed by atoms with Gasteiger partial charge in [-0.2, -0.15) is 0 Å². The number of H-pyrrole nitrogens is 1. The molecule has 5 heteroatoms. The minimum atomic E-state index is 0.191. The number of nitrogens with one attached hydrogen (secondary N) is 2. The average molecular weight is 320 g/mol. The van der Waals surface area contributed by atoms with Gasteiger partial charge in [-0.25, -0.2) is 4.98 Å². The number of fused-ring (bicyclic) bond motifs is 1. The van der Waals surface area contributed by atoms with Gasteiger partial charge in [-0.05, 0) is 16.3 Å². The van der Waals surface area contributed by atoms with E-state index in [0.29, 0.717) is 19.5 Å². The average Bonchev–Trinajstić information content (AvgIpc) is 3.24. The fourth-order valence-corrected chi connectivity index (χ4v) is 3.33. The van der Waals surface area contributed by atoms with Crippen LogP contribution in [-0.4, -0.2) is 33.4 Å². The maximum atomic E-state index is 12.4. The quantitative estimate of drug-likeness (QED) is 0.759. The lowest BCUT2D eigenvalue weighted by Gasteiger charge is -2.18. The molecule has 1 unspecified atom stereocenters. The predicted octanol–water partition coefficient (Wildman–Crippen LogP) is 2.45. The highest BCUT2D eigenvalue weighted by atomic mass is 16.2. The standard InChI is InChI=1S/C19H20N4O/c24-19-8-16(21-10-17-9-20-13-22-17)12-23(19)11-15-6-3-5-14-4-1-2-7-18(14)15/h1-7,9,13,16,21H,8,10-12H2,(H,20,22). The van der Waals surface area contributed by atoms with E-state index in [0.717, 1.165) is 12.2 Å². The summed E-state index contributed by atoms with van der Waals surface area (Å²) in [6, 6.07) is 14.8. The number of carbonyl (C=O) groups excluding carboxylic acids is 1. The van der Waals surface area contributed by atoms with E-state index in [4.69, 9.17) is 0 Å². The molecule has 2 heterocycles. The summed E-state index contributed by atoms with van der Waals surface area (Å²) in [5.41, 5.74) is 2.24. The molecule has 0 saturated carbocycles. The molecule has 1 amide bonds. The monoisotopic (exact) mass is 320 g/mol. The zero-order chi connectivity index (χ0) is 16.4. The lowest BCUT2D eigenvalue weighted by atomic mass is 10.0. The molecule has 1 atom stereocenters. The third-order valence-electron chi connectivity index (χ3n) is 4.59. The van der Waals surface area contributed by atoms with Crippen molar-refractivity contribution in [2.24, 2.45) is 0 Å². The van der Waals surface area contributed by atoms with E-state index in [2.05, 4.69) is 45.6 Å². The smallest absolute Gasteiger partial charge is 0.224 e. The molecular formula is C19H20N4O. The predicted molar refractivity (Wildman–Crippen MR) is 93.2 cm³/mol. The molecular weight excluding hydrogens is 300 g/mol. The summed E-state index contributed by atoms with van der Waals surface area (Å²) in [7, 11) is 0. The molecule has 0 spiro atoms. The Kier molecular flexibility index (Phi) is 4.01. The van der Waals surface area contributed by atoms with Gasteiger partial charge < -0.3 is 15.2 Å². The van der Waals surface area contributed by atoms with Crippen molar-refractivity contribution in [3.05, 3.63) is 66.2 Å². The molecule has 0 aliphatic carbocycles. The van der Waals surface area contributed by atoms with E-state index in [9.17, 15) is 4.79 Å². The first-order chi connectivity index (χ1) is 11.8. The fraction of sp³-hybridized carbons (Fsp3) is 0.263. The zero-order valence-corrected chi connectivity index (χ0v) is 13.4.